The van der Waals surface area contributed by atoms with Gasteiger partial charge < -0.3 is 15.8 Å². The number of hydrogen-bond donors (Lipinski definition) is 2. The van der Waals surface area contributed by atoms with E-state index < -0.39 is 17.9 Å². The molecule has 1 aliphatic rings. The number of carbonyl (C=O) groups excluding carboxylic acids is 3. The second kappa shape index (κ2) is 6.34. The van der Waals surface area contributed by atoms with Crippen LogP contribution >= 0.6 is 0 Å². The molecule has 6 heteroatoms. The van der Waals surface area contributed by atoms with Crippen molar-refractivity contribution in [3.63, 3.8) is 0 Å². The maximum absolute atomic E-state index is 11.4. The monoisotopic (exact) mass is 242 g/mol. The standard InChI is InChI=1S/C11H18N2O4/c1-17-6-9(15)13-10(11(12)16)7-3-2-4-8(14)5-7/h7,10H,2-6H2,1H3,(H2,12,16)(H,13,15)/t7-,10-/m0/s1. The molecule has 1 aliphatic carbocycles. The number of nitrogens with two attached hydrogens (primary N) is 1. The quantitative estimate of drug-likeness (QED) is 0.670. The van der Waals surface area contributed by atoms with Gasteiger partial charge in [0.2, 0.25) is 11.8 Å². The fourth-order valence-electron chi connectivity index (χ4n) is 2.11. The fraction of sp³-hybridized carbons (Fsp3) is 0.727. The second-order valence-corrected chi connectivity index (χ2v) is 4.28. The molecule has 0 unspecified atom stereocenters. The predicted molar refractivity (Wildman–Crippen MR) is 60.0 cm³/mol. The van der Waals surface area contributed by atoms with Crippen LogP contribution in [0.15, 0.2) is 0 Å². The molecule has 2 amide bonds. The smallest absolute Gasteiger partial charge is 0.246 e. The van der Waals surface area contributed by atoms with Gasteiger partial charge in [-0.25, -0.2) is 0 Å². The number of ether oxygens (including phenoxy) is 1. The van der Waals surface area contributed by atoms with E-state index in [0.717, 1.165) is 12.8 Å². The maximum atomic E-state index is 11.4. The van der Waals surface area contributed by atoms with E-state index in [1.165, 1.54) is 7.11 Å². The Labute approximate surface area is 99.9 Å². The molecular weight excluding hydrogens is 224 g/mol. The Balaban J connectivity index is 2.61. The summed E-state index contributed by atoms with van der Waals surface area (Å²) in [5.41, 5.74) is 5.25. The average Bonchev–Trinajstić information content (AvgIpc) is 2.26. The van der Waals surface area contributed by atoms with Gasteiger partial charge in [0, 0.05) is 20.0 Å². The summed E-state index contributed by atoms with van der Waals surface area (Å²) < 4.78 is 4.66. The van der Waals surface area contributed by atoms with Crippen molar-refractivity contribution >= 4 is 17.6 Å². The lowest BCUT2D eigenvalue weighted by Crippen LogP contribution is -2.51. The molecule has 0 aromatic rings. The lowest BCUT2D eigenvalue weighted by atomic mass is 9.83. The molecular formula is C11H18N2O4. The first-order valence-electron chi connectivity index (χ1n) is 5.64. The van der Waals surface area contributed by atoms with Gasteiger partial charge in [-0.3, -0.25) is 14.4 Å². The molecule has 3 N–H and O–H groups in total. The highest BCUT2D eigenvalue weighted by Gasteiger charge is 2.31. The van der Waals surface area contributed by atoms with Crippen LogP contribution in [-0.4, -0.2) is 37.4 Å². The molecule has 6 nitrogen and oxygen atoms in total. The zero-order chi connectivity index (χ0) is 12.8. The summed E-state index contributed by atoms with van der Waals surface area (Å²) in [7, 11) is 1.39. The normalized spacial score (nSPS) is 21.9. The van der Waals surface area contributed by atoms with Crippen LogP contribution < -0.4 is 11.1 Å². The van der Waals surface area contributed by atoms with Crippen LogP contribution in [-0.2, 0) is 19.1 Å². The Morgan fingerprint density at radius 3 is 2.82 bits per heavy atom. The molecule has 0 aromatic heterocycles. The predicted octanol–water partition coefficient (Wildman–Crippen LogP) is -0.638. The number of hydrogen-bond acceptors (Lipinski definition) is 4. The molecule has 1 fully saturated rings. The lowest BCUT2D eigenvalue weighted by Gasteiger charge is -2.27. The van der Waals surface area contributed by atoms with Gasteiger partial charge in [-0.1, -0.05) is 0 Å². The summed E-state index contributed by atoms with van der Waals surface area (Å²) in [5.74, 6) is -1.06. The van der Waals surface area contributed by atoms with Gasteiger partial charge in [-0.2, -0.15) is 0 Å². The van der Waals surface area contributed by atoms with Crippen molar-refractivity contribution in [1.82, 2.24) is 5.32 Å². The van der Waals surface area contributed by atoms with Gasteiger partial charge in [0.05, 0.1) is 0 Å². The Bertz CT molecular complexity index is 317. The summed E-state index contributed by atoms with van der Waals surface area (Å²) in [6.45, 7) is -0.121. The zero-order valence-corrected chi connectivity index (χ0v) is 9.90. The van der Waals surface area contributed by atoms with E-state index in [0.29, 0.717) is 12.8 Å². The minimum atomic E-state index is -0.776. The van der Waals surface area contributed by atoms with Gasteiger partial charge >= 0.3 is 0 Å². The molecule has 96 valence electrons. The average molecular weight is 242 g/mol. The molecule has 17 heavy (non-hydrogen) atoms. The zero-order valence-electron chi connectivity index (χ0n) is 9.90. The van der Waals surface area contributed by atoms with Crippen molar-refractivity contribution < 1.29 is 19.1 Å². The molecule has 0 saturated heterocycles. The van der Waals surface area contributed by atoms with Crippen LogP contribution in [0.3, 0.4) is 0 Å². The molecule has 0 aliphatic heterocycles. The third kappa shape index (κ3) is 4.14. The van der Waals surface area contributed by atoms with Crippen molar-refractivity contribution in [2.24, 2.45) is 11.7 Å². The number of amides is 2. The minimum absolute atomic E-state index is 0.119. The number of carbonyl (C=O) groups is 3. The van der Waals surface area contributed by atoms with Gasteiger partial charge in [0.1, 0.15) is 18.4 Å². The highest BCUT2D eigenvalue weighted by atomic mass is 16.5. The number of rotatable bonds is 5. The molecule has 0 radical (unpaired) electrons. The molecule has 0 bridgehead atoms. The lowest BCUT2D eigenvalue weighted by molar-refractivity contribution is -0.132. The first-order valence-corrected chi connectivity index (χ1v) is 5.64. The van der Waals surface area contributed by atoms with Crippen LogP contribution in [0.4, 0.5) is 0 Å². The van der Waals surface area contributed by atoms with Crippen LogP contribution in [0.2, 0.25) is 0 Å². The van der Waals surface area contributed by atoms with Crippen LogP contribution in [0.1, 0.15) is 25.7 Å². The maximum Gasteiger partial charge on any atom is 0.246 e. The minimum Gasteiger partial charge on any atom is -0.375 e. The number of methoxy groups -OCH3 is 1. The topological polar surface area (TPSA) is 98.5 Å². The van der Waals surface area contributed by atoms with Crippen molar-refractivity contribution in [2.45, 2.75) is 31.7 Å². The fourth-order valence-corrected chi connectivity index (χ4v) is 2.11. The number of nitrogens with one attached hydrogen (secondary N) is 1. The number of ketones is 1. The first kappa shape index (κ1) is 13.6. The van der Waals surface area contributed by atoms with Gasteiger partial charge in [-0.05, 0) is 18.8 Å². The molecule has 1 rings (SSSR count). The molecule has 0 aromatic carbocycles. The third-order valence-electron chi connectivity index (χ3n) is 2.89. The second-order valence-electron chi connectivity index (χ2n) is 4.28. The Morgan fingerprint density at radius 2 is 2.29 bits per heavy atom. The Hall–Kier alpha value is -1.43. The van der Waals surface area contributed by atoms with Crippen LogP contribution in [0, 0.1) is 5.92 Å². The van der Waals surface area contributed by atoms with E-state index in [1.54, 1.807) is 0 Å². The molecule has 1 saturated carbocycles. The summed E-state index contributed by atoms with van der Waals surface area (Å²) >= 11 is 0. The van der Waals surface area contributed by atoms with Crippen molar-refractivity contribution in [1.29, 1.82) is 0 Å². The van der Waals surface area contributed by atoms with Gasteiger partial charge in [0.25, 0.3) is 0 Å². The van der Waals surface area contributed by atoms with E-state index in [9.17, 15) is 14.4 Å². The van der Waals surface area contributed by atoms with E-state index in [-0.39, 0.29) is 18.3 Å². The van der Waals surface area contributed by atoms with Crippen molar-refractivity contribution in [3.8, 4) is 0 Å². The third-order valence-corrected chi connectivity index (χ3v) is 2.89. The number of Topliss-reactive ketones (excluding diaryl/α,β-unsaturated/α-hetero) is 1. The van der Waals surface area contributed by atoms with Gasteiger partial charge in [-0.15, -0.1) is 0 Å². The van der Waals surface area contributed by atoms with Crippen LogP contribution in [0.25, 0.3) is 0 Å². The Kier molecular flexibility index (Phi) is 5.09. The van der Waals surface area contributed by atoms with Crippen molar-refractivity contribution in [3.05, 3.63) is 0 Å². The molecule has 2 atom stereocenters. The van der Waals surface area contributed by atoms with Gasteiger partial charge in [0.15, 0.2) is 0 Å². The molecule has 0 spiro atoms. The van der Waals surface area contributed by atoms with Crippen molar-refractivity contribution in [2.75, 3.05) is 13.7 Å². The van der Waals surface area contributed by atoms with E-state index in [1.807, 2.05) is 0 Å². The van der Waals surface area contributed by atoms with Crippen LogP contribution in [0.5, 0.6) is 0 Å². The summed E-state index contributed by atoms with van der Waals surface area (Å²) in [4.78, 5) is 34.0. The van der Waals surface area contributed by atoms with E-state index in [2.05, 4.69) is 10.1 Å². The highest BCUT2D eigenvalue weighted by molar-refractivity contribution is 5.88. The SMILES string of the molecule is COCC(=O)N[C@H](C(N)=O)[C@H]1CCCC(=O)C1. The highest BCUT2D eigenvalue weighted by Crippen LogP contribution is 2.24. The van der Waals surface area contributed by atoms with E-state index >= 15 is 0 Å². The number of primary amides is 1. The first-order chi connectivity index (χ1) is 8.04. The summed E-state index contributed by atoms with van der Waals surface area (Å²) in [6.07, 6.45) is 2.33. The molecule has 0 heterocycles. The summed E-state index contributed by atoms with van der Waals surface area (Å²) in [6, 6.07) is -0.776. The van der Waals surface area contributed by atoms with E-state index in [4.69, 9.17) is 5.73 Å². The largest absolute Gasteiger partial charge is 0.375 e. The summed E-state index contributed by atoms with van der Waals surface area (Å²) in [5, 5.41) is 2.52. The Morgan fingerprint density at radius 1 is 1.59 bits per heavy atom.